The number of aryl methyl sites for hydroxylation is 2. The van der Waals surface area contributed by atoms with Crippen LogP contribution in [0.4, 0.5) is 5.69 Å². The molecule has 1 saturated heterocycles. The van der Waals surface area contributed by atoms with Crippen molar-refractivity contribution in [2.24, 2.45) is 0 Å². The highest BCUT2D eigenvalue weighted by molar-refractivity contribution is 7.89. The quantitative estimate of drug-likeness (QED) is 0.575. The first-order valence-electron chi connectivity index (χ1n) is 11.5. The minimum atomic E-state index is -3.55. The predicted octanol–water partition coefficient (Wildman–Crippen LogP) is 4.30. The fourth-order valence-corrected chi connectivity index (χ4v) is 5.73. The lowest BCUT2D eigenvalue weighted by molar-refractivity contribution is -0.121. The van der Waals surface area contributed by atoms with Gasteiger partial charge in [-0.2, -0.15) is 4.31 Å². The predicted molar refractivity (Wildman–Crippen MR) is 136 cm³/mol. The van der Waals surface area contributed by atoms with Gasteiger partial charge in [0.1, 0.15) is 0 Å². The molecule has 0 aliphatic carbocycles. The van der Waals surface area contributed by atoms with Crippen molar-refractivity contribution in [3.63, 3.8) is 0 Å². The molecule has 1 N–H and O–H groups in total. The molecule has 4 rings (SSSR count). The number of hydrogen-bond donors (Lipinski definition) is 1. The number of anilines is 1. The molecule has 0 unspecified atom stereocenters. The zero-order valence-corrected chi connectivity index (χ0v) is 20.7. The molecule has 0 bridgehead atoms. The molecule has 0 aromatic heterocycles. The van der Waals surface area contributed by atoms with Gasteiger partial charge in [-0.1, -0.05) is 54.6 Å². The van der Waals surface area contributed by atoms with E-state index in [1.165, 1.54) is 4.31 Å². The molecule has 7 heteroatoms. The third kappa shape index (κ3) is 5.06. The van der Waals surface area contributed by atoms with Gasteiger partial charge in [0.15, 0.2) is 0 Å². The first kappa shape index (κ1) is 24.1. The molecule has 0 radical (unpaired) electrons. The Hall–Kier alpha value is -3.00. The number of amides is 1. The molecule has 1 atom stereocenters. The normalized spacial score (nSPS) is 16.2. The van der Waals surface area contributed by atoms with E-state index in [2.05, 4.69) is 5.32 Å². The summed E-state index contributed by atoms with van der Waals surface area (Å²) in [6.07, 6.45) is 0. The second kappa shape index (κ2) is 10.1. The van der Waals surface area contributed by atoms with Gasteiger partial charge in [0.05, 0.1) is 10.9 Å². The molecular weight excluding hydrogens is 446 g/mol. The Bertz CT molecular complexity index is 1270. The van der Waals surface area contributed by atoms with Gasteiger partial charge in [-0.3, -0.25) is 9.69 Å². The summed E-state index contributed by atoms with van der Waals surface area (Å²) < 4.78 is 27.7. The van der Waals surface area contributed by atoms with Crippen molar-refractivity contribution >= 4 is 21.6 Å². The van der Waals surface area contributed by atoms with Gasteiger partial charge < -0.3 is 5.32 Å². The standard InChI is InChI=1S/C27H31N3O3S/c1-20-13-14-24(19-21(20)2)34(32,33)30-17-15-29(16-18-30)22(3)27(31)28-26-12-8-7-11-25(26)23-9-5-4-6-10-23/h4-14,19,22H,15-18H2,1-3H3,(H,28,31)/t22-/m0/s1. The van der Waals surface area contributed by atoms with Crippen LogP contribution in [0.25, 0.3) is 11.1 Å². The molecule has 1 aliphatic heterocycles. The topological polar surface area (TPSA) is 69.7 Å². The smallest absolute Gasteiger partial charge is 0.243 e. The Labute approximate surface area is 202 Å². The average molecular weight is 478 g/mol. The number of carbonyl (C=O) groups excluding carboxylic acids is 1. The van der Waals surface area contributed by atoms with Gasteiger partial charge in [0.25, 0.3) is 0 Å². The molecule has 178 valence electrons. The van der Waals surface area contributed by atoms with Crippen molar-refractivity contribution in [1.29, 1.82) is 0 Å². The van der Waals surface area contributed by atoms with Crippen LogP contribution in [0.15, 0.2) is 77.7 Å². The third-order valence-corrected chi connectivity index (χ3v) is 8.48. The van der Waals surface area contributed by atoms with Crippen molar-refractivity contribution in [1.82, 2.24) is 9.21 Å². The lowest BCUT2D eigenvalue weighted by Gasteiger charge is -2.36. The number of benzene rings is 3. The number of nitrogens with zero attached hydrogens (tertiary/aromatic N) is 2. The lowest BCUT2D eigenvalue weighted by atomic mass is 10.0. The fraction of sp³-hybridized carbons (Fsp3) is 0.296. The summed E-state index contributed by atoms with van der Waals surface area (Å²) in [6, 6.07) is 22.6. The minimum absolute atomic E-state index is 0.103. The first-order chi connectivity index (χ1) is 16.3. The minimum Gasteiger partial charge on any atom is -0.324 e. The van der Waals surface area contributed by atoms with Crippen LogP contribution in [0.5, 0.6) is 0 Å². The Morgan fingerprint density at radius 3 is 2.18 bits per heavy atom. The Morgan fingerprint density at radius 1 is 0.853 bits per heavy atom. The van der Waals surface area contributed by atoms with Crippen molar-refractivity contribution in [3.05, 3.63) is 83.9 Å². The number of sulfonamides is 1. The summed E-state index contributed by atoms with van der Waals surface area (Å²) in [6.45, 7) is 7.46. The molecule has 34 heavy (non-hydrogen) atoms. The highest BCUT2D eigenvalue weighted by Crippen LogP contribution is 2.28. The monoisotopic (exact) mass is 477 g/mol. The Morgan fingerprint density at radius 2 is 1.50 bits per heavy atom. The van der Waals surface area contributed by atoms with E-state index in [1.54, 1.807) is 12.1 Å². The maximum Gasteiger partial charge on any atom is 0.243 e. The van der Waals surface area contributed by atoms with E-state index < -0.39 is 10.0 Å². The van der Waals surface area contributed by atoms with E-state index in [1.807, 2.05) is 86.3 Å². The third-order valence-electron chi connectivity index (χ3n) is 6.59. The van der Waals surface area contributed by atoms with Gasteiger partial charge in [-0.15, -0.1) is 0 Å². The number of piperazine rings is 1. The highest BCUT2D eigenvalue weighted by Gasteiger charge is 2.32. The number of para-hydroxylation sites is 1. The second-order valence-corrected chi connectivity index (χ2v) is 10.7. The highest BCUT2D eigenvalue weighted by atomic mass is 32.2. The maximum atomic E-state index is 13.1. The zero-order chi connectivity index (χ0) is 24.3. The molecule has 3 aromatic carbocycles. The molecule has 0 saturated carbocycles. The number of rotatable bonds is 6. The Kier molecular flexibility index (Phi) is 7.16. The summed E-state index contributed by atoms with van der Waals surface area (Å²) >= 11 is 0. The van der Waals surface area contributed by atoms with Crippen LogP contribution in [-0.4, -0.2) is 55.8 Å². The molecule has 1 aliphatic rings. The van der Waals surface area contributed by atoms with Crippen LogP contribution in [-0.2, 0) is 14.8 Å². The van der Waals surface area contributed by atoms with E-state index in [0.717, 1.165) is 27.9 Å². The largest absolute Gasteiger partial charge is 0.324 e. The first-order valence-corrected chi connectivity index (χ1v) is 13.0. The van der Waals surface area contributed by atoms with Crippen molar-refractivity contribution < 1.29 is 13.2 Å². The van der Waals surface area contributed by atoms with Crippen LogP contribution >= 0.6 is 0 Å². The lowest BCUT2D eigenvalue weighted by Crippen LogP contribution is -2.53. The van der Waals surface area contributed by atoms with E-state index >= 15 is 0 Å². The van der Waals surface area contributed by atoms with Crippen molar-refractivity contribution in [2.45, 2.75) is 31.7 Å². The fourth-order valence-electron chi connectivity index (χ4n) is 4.22. The van der Waals surface area contributed by atoms with Crippen LogP contribution in [0.2, 0.25) is 0 Å². The van der Waals surface area contributed by atoms with Gasteiger partial charge >= 0.3 is 0 Å². The number of carbonyl (C=O) groups is 1. The average Bonchev–Trinajstić information content (AvgIpc) is 2.86. The van der Waals surface area contributed by atoms with Gasteiger partial charge in [0.2, 0.25) is 15.9 Å². The molecule has 3 aromatic rings. The van der Waals surface area contributed by atoms with Crippen molar-refractivity contribution in [3.8, 4) is 11.1 Å². The summed E-state index contributed by atoms with van der Waals surface area (Å²) in [5, 5.41) is 3.07. The van der Waals surface area contributed by atoms with Crippen LogP contribution in [0.3, 0.4) is 0 Å². The molecule has 1 fully saturated rings. The summed E-state index contributed by atoms with van der Waals surface area (Å²) in [4.78, 5) is 15.4. The van der Waals surface area contributed by atoms with E-state index in [9.17, 15) is 13.2 Å². The molecule has 1 heterocycles. The van der Waals surface area contributed by atoms with Crippen LogP contribution in [0, 0.1) is 13.8 Å². The Balaban J connectivity index is 1.41. The summed E-state index contributed by atoms with van der Waals surface area (Å²) in [5.41, 5.74) is 4.80. The van der Waals surface area contributed by atoms with E-state index in [4.69, 9.17) is 0 Å². The molecule has 0 spiro atoms. The van der Waals surface area contributed by atoms with Gasteiger partial charge in [0, 0.05) is 37.4 Å². The van der Waals surface area contributed by atoms with Crippen molar-refractivity contribution in [2.75, 3.05) is 31.5 Å². The van der Waals surface area contributed by atoms with Gasteiger partial charge in [-0.05, 0) is 55.7 Å². The van der Waals surface area contributed by atoms with Crippen LogP contribution < -0.4 is 5.32 Å². The zero-order valence-electron chi connectivity index (χ0n) is 19.9. The molecular formula is C27H31N3O3S. The maximum absolute atomic E-state index is 13.1. The van der Waals surface area contributed by atoms with Crippen LogP contribution in [0.1, 0.15) is 18.1 Å². The SMILES string of the molecule is Cc1ccc(S(=O)(=O)N2CCN([C@@H](C)C(=O)Nc3ccccc3-c3ccccc3)CC2)cc1C. The number of nitrogens with one attached hydrogen (secondary N) is 1. The van der Waals surface area contributed by atoms with Gasteiger partial charge in [-0.25, -0.2) is 8.42 Å². The summed E-state index contributed by atoms with van der Waals surface area (Å²) in [7, 11) is -3.55. The molecule has 6 nitrogen and oxygen atoms in total. The van der Waals surface area contributed by atoms with E-state index in [0.29, 0.717) is 31.1 Å². The second-order valence-electron chi connectivity index (χ2n) is 8.76. The van der Waals surface area contributed by atoms with E-state index in [-0.39, 0.29) is 11.9 Å². The number of hydrogen-bond acceptors (Lipinski definition) is 4. The molecule has 1 amide bonds. The summed E-state index contributed by atoms with van der Waals surface area (Å²) in [5.74, 6) is -0.103.